The Hall–Kier alpha value is -2.73. The van der Waals surface area contributed by atoms with Crippen molar-refractivity contribution in [3.05, 3.63) is 65.5 Å². The van der Waals surface area contributed by atoms with Crippen molar-refractivity contribution in [1.29, 1.82) is 0 Å². The standard InChI is InChI=1S/C25H29FN2O3/c1-2-18-6-8-22(9-7-18)28-16-19(14-23(28)29)24(30)27-17-25(10-12-31-13-11-25)20-4-3-5-21(26)15-20/h3-9,15,19H,2,10-14,16-17H2,1H3,(H,27,30). The Labute approximate surface area is 182 Å². The molecule has 5 nitrogen and oxygen atoms in total. The Morgan fingerprint density at radius 2 is 1.94 bits per heavy atom. The molecule has 4 rings (SSSR count). The van der Waals surface area contributed by atoms with Crippen LogP contribution in [0.2, 0.25) is 0 Å². The average molecular weight is 425 g/mol. The molecule has 2 amide bonds. The first-order valence-corrected chi connectivity index (χ1v) is 11.0. The number of hydrogen-bond donors (Lipinski definition) is 1. The van der Waals surface area contributed by atoms with Crippen molar-refractivity contribution in [2.24, 2.45) is 5.92 Å². The zero-order valence-electron chi connectivity index (χ0n) is 17.9. The van der Waals surface area contributed by atoms with Gasteiger partial charge in [-0.2, -0.15) is 0 Å². The largest absolute Gasteiger partial charge is 0.381 e. The normalized spacial score (nSPS) is 20.6. The van der Waals surface area contributed by atoms with Gasteiger partial charge in [0.25, 0.3) is 0 Å². The number of nitrogens with zero attached hydrogens (tertiary/aromatic N) is 1. The molecule has 0 radical (unpaired) electrons. The molecule has 0 bridgehead atoms. The summed E-state index contributed by atoms with van der Waals surface area (Å²) in [5.74, 6) is -0.817. The van der Waals surface area contributed by atoms with Crippen molar-refractivity contribution in [3.63, 3.8) is 0 Å². The van der Waals surface area contributed by atoms with E-state index in [9.17, 15) is 14.0 Å². The first-order chi connectivity index (χ1) is 15.0. The fourth-order valence-corrected chi connectivity index (χ4v) is 4.59. The maximum Gasteiger partial charge on any atom is 0.227 e. The summed E-state index contributed by atoms with van der Waals surface area (Å²) in [7, 11) is 0. The van der Waals surface area contributed by atoms with Crippen molar-refractivity contribution in [2.45, 2.75) is 38.0 Å². The van der Waals surface area contributed by atoms with Crippen molar-refractivity contribution >= 4 is 17.5 Å². The van der Waals surface area contributed by atoms with Crippen molar-refractivity contribution in [3.8, 4) is 0 Å². The van der Waals surface area contributed by atoms with E-state index in [4.69, 9.17) is 4.74 Å². The van der Waals surface area contributed by atoms with Crippen LogP contribution in [0.3, 0.4) is 0 Å². The monoisotopic (exact) mass is 424 g/mol. The van der Waals surface area contributed by atoms with Crippen LogP contribution in [0.15, 0.2) is 48.5 Å². The number of nitrogens with one attached hydrogen (secondary N) is 1. The Balaban J connectivity index is 1.43. The van der Waals surface area contributed by atoms with Gasteiger partial charge in [0.2, 0.25) is 11.8 Å². The maximum atomic E-state index is 13.9. The van der Waals surface area contributed by atoms with Crippen LogP contribution in [0.25, 0.3) is 0 Å². The van der Waals surface area contributed by atoms with Gasteiger partial charge >= 0.3 is 0 Å². The van der Waals surface area contributed by atoms with Crippen molar-refractivity contribution in [1.82, 2.24) is 5.32 Å². The van der Waals surface area contributed by atoms with Gasteiger partial charge in [0.1, 0.15) is 5.82 Å². The van der Waals surface area contributed by atoms with Crippen LogP contribution in [0.5, 0.6) is 0 Å². The van der Waals surface area contributed by atoms with E-state index >= 15 is 0 Å². The highest BCUT2D eigenvalue weighted by atomic mass is 19.1. The van der Waals surface area contributed by atoms with E-state index in [0.29, 0.717) is 26.3 Å². The molecule has 2 fully saturated rings. The number of hydrogen-bond acceptors (Lipinski definition) is 3. The molecule has 164 valence electrons. The topological polar surface area (TPSA) is 58.6 Å². The summed E-state index contributed by atoms with van der Waals surface area (Å²) in [5, 5.41) is 3.07. The van der Waals surface area contributed by atoms with Gasteiger partial charge in [-0.1, -0.05) is 31.2 Å². The third-order valence-corrected chi connectivity index (χ3v) is 6.64. The molecule has 31 heavy (non-hydrogen) atoms. The zero-order chi connectivity index (χ0) is 21.8. The summed E-state index contributed by atoms with van der Waals surface area (Å²) in [6.45, 7) is 4.04. The highest BCUT2D eigenvalue weighted by Gasteiger charge is 2.38. The molecule has 2 aromatic rings. The van der Waals surface area contributed by atoms with Gasteiger partial charge in [-0.05, 0) is 54.7 Å². The predicted octanol–water partition coefficient (Wildman–Crippen LogP) is 3.61. The van der Waals surface area contributed by atoms with Crippen LogP contribution < -0.4 is 10.2 Å². The molecule has 2 aliphatic heterocycles. The second kappa shape index (κ2) is 9.18. The first-order valence-electron chi connectivity index (χ1n) is 11.0. The first kappa shape index (κ1) is 21.5. The van der Waals surface area contributed by atoms with Gasteiger partial charge in [0.05, 0.1) is 5.92 Å². The van der Waals surface area contributed by atoms with E-state index < -0.39 is 0 Å². The Morgan fingerprint density at radius 3 is 2.61 bits per heavy atom. The second-order valence-corrected chi connectivity index (χ2v) is 8.55. The lowest BCUT2D eigenvalue weighted by molar-refractivity contribution is -0.126. The number of ether oxygens (including phenoxy) is 1. The third kappa shape index (κ3) is 4.64. The molecular formula is C25H29FN2O3. The van der Waals surface area contributed by atoms with Gasteiger partial charge in [-0.3, -0.25) is 9.59 Å². The molecule has 0 saturated carbocycles. The number of carbonyl (C=O) groups is 2. The molecule has 2 aliphatic rings. The Morgan fingerprint density at radius 1 is 1.19 bits per heavy atom. The molecule has 2 saturated heterocycles. The number of benzene rings is 2. The van der Waals surface area contributed by atoms with Crippen molar-refractivity contribution < 1.29 is 18.7 Å². The van der Waals surface area contributed by atoms with E-state index in [1.54, 1.807) is 17.0 Å². The maximum absolute atomic E-state index is 13.9. The number of carbonyl (C=O) groups excluding carboxylic acids is 2. The second-order valence-electron chi connectivity index (χ2n) is 8.55. The highest BCUT2D eigenvalue weighted by molar-refractivity contribution is 6.00. The zero-order valence-corrected chi connectivity index (χ0v) is 17.9. The SMILES string of the molecule is CCc1ccc(N2CC(C(=O)NCC3(c4cccc(F)c4)CCOCC3)CC2=O)cc1. The molecule has 1 N–H and O–H groups in total. The van der Waals surface area contributed by atoms with Crippen molar-refractivity contribution in [2.75, 3.05) is 31.2 Å². The van der Waals surface area contributed by atoms with E-state index in [0.717, 1.165) is 30.5 Å². The number of amides is 2. The molecule has 1 atom stereocenters. The van der Waals surface area contributed by atoms with Gasteiger partial charge in [0, 0.05) is 43.8 Å². The fraction of sp³-hybridized carbons (Fsp3) is 0.440. The molecule has 0 aliphatic carbocycles. The molecule has 2 heterocycles. The molecular weight excluding hydrogens is 395 g/mol. The van der Waals surface area contributed by atoms with Gasteiger partial charge in [-0.15, -0.1) is 0 Å². The third-order valence-electron chi connectivity index (χ3n) is 6.64. The quantitative estimate of drug-likeness (QED) is 0.771. The molecule has 2 aromatic carbocycles. The minimum Gasteiger partial charge on any atom is -0.381 e. The number of rotatable bonds is 6. The van der Waals surface area contributed by atoms with E-state index in [1.165, 1.54) is 11.6 Å². The van der Waals surface area contributed by atoms with E-state index in [-0.39, 0.29) is 35.4 Å². The number of aryl methyl sites for hydroxylation is 1. The van der Waals surface area contributed by atoms with Crippen LogP contribution in [-0.4, -0.2) is 38.1 Å². The summed E-state index contributed by atoms with van der Waals surface area (Å²) in [6, 6.07) is 14.5. The van der Waals surface area contributed by atoms with Gasteiger partial charge in [-0.25, -0.2) is 4.39 Å². The fourth-order valence-electron chi connectivity index (χ4n) is 4.59. The van der Waals surface area contributed by atoms with Crippen LogP contribution in [0.1, 0.15) is 37.3 Å². The lowest BCUT2D eigenvalue weighted by Crippen LogP contribution is -2.46. The Kier molecular flexibility index (Phi) is 6.37. The van der Waals surface area contributed by atoms with Crippen LogP contribution in [-0.2, 0) is 26.2 Å². The summed E-state index contributed by atoms with van der Waals surface area (Å²) in [6.07, 6.45) is 2.58. The molecule has 0 spiro atoms. The number of halogens is 1. The lowest BCUT2D eigenvalue weighted by atomic mass is 9.74. The highest BCUT2D eigenvalue weighted by Crippen LogP contribution is 2.35. The van der Waals surface area contributed by atoms with Crippen LogP contribution in [0.4, 0.5) is 10.1 Å². The van der Waals surface area contributed by atoms with E-state index in [2.05, 4.69) is 12.2 Å². The number of anilines is 1. The molecule has 0 aromatic heterocycles. The van der Waals surface area contributed by atoms with Gasteiger partial charge in [0.15, 0.2) is 0 Å². The van der Waals surface area contributed by atoms with Crippen LogP contribution >= 0.6 is 0 Å². The average Bonchev–Trinajstić information content (AvgIpc) is 3.20. The van der Waals surface area contributed by atoms with Crippen LogP contribution in [0, 0.1) is 11.7 Å². The lowest BCUT2D eigenvalue weighted by Gasteiger charge is -2.38. The summed E-state index contributed by atoms with van der Waals surface area (Å²) in [4.78, 5) is 27.2. The summed E-state index contributed by atoms with van der Waals surface area (Å²) < 4.78 is 19.4. The molecule has 6 heteroatoms. The summed E-state index contributed by atoms with van der Waals surface area (Å²) in [5.41, 5.74) is 2.58. The molecule has 1 unspecified atom stereocenters. The minimum absolute atomic E-state index is 0.0321. The van der Waals surface area contributed by atoms with Gasteiger partial charge < -0.3 is 15.0 Å². The Bertz CT molecular complexity index is 938. The predicted molar refractivity (Wildman–Crippen MR) is 117 cm³/mol. The minimum atomic E-state index is -0.386. The smallest absolute Gasteiger partial charge is 0.227 e. The van der Waals surface area contributed by atoms with E-state index in [1.807, 2.05) is 30.3 Å². The summed E-state index contributed by atoms with van der Waals surface area (Å²) >= 11 is 0.